The molecule has 3 atom stereocenters. The molecule has 0 unspecified atom stereocenters. The Kier molecular flexibility index (Phi) is 5.27. The number of hydrogen-bond donors (Lipinski definition) is 2. The first kappa shape index (κ1) is 20.1. The predicted octanol–water partition coefficient (Wildman–Crippen LogP) is 4.71. The average molecular weight is 433 g/mol. The standard InChI is InChI=1S/C26H32N4O2/c1-31-19-6-5-13-30(15-19)14-18-16-32-23-10-3-2-7-20(23)24(18)27-21-8-4-9-22-25(21)29-26(28-22)17-11-12-17/h2-4,7-10,17-19,24,27H,5-6,11-16H2,1H3,(H,28,29)/t18-,19-,24+/m0/s1. The van der Waals surface area contributed by atoms with Crippen molar-refractivity contribution < 1.29 is 9.47 Å². The molecule has 3 heterocycles. The van der Waals surface area contributed by atoms with E-state index in [1.807, 2.05) is 7.11 Å². The Hall–Kier alpha value is -2.57. The number of rotatable bonds is 6. The third kappa shape index (κ3) is 3.86. The minimum Gasteiger partial charge on any atom is -0.493 e. The zero-order valence-corrected chi connectivity index (χ0v) is 18.7. The predicted molar refractivity (Wildman–Crippen MR) is 126 cm³/mol. The molecule has 3 aliphatic rings. The van der Waals surface area contributed by atoms with Crippen LogP contribution in [-0.2, 0) is 4.74 Å². The van der Waals surface area contributed by atoms with Crippen LogP contribution in [0, 0.1) is 5.92 Å². The third-order valence-electron chi connectivity index (χ3n) is 7.27. The number of H-pyrrole nitrogens is 1. The minimum atomic E-state index is 0.176. The summed E-state index contributed by atoms with van der Waals surface area (Å²) in [5, 5.41) is 3.90. The first-order valence-electron chi connectivity index (χ1n) is 12.0. The van der Waals surface area contributed by atoms with Crippen LogP contribution in [-0.4, -0.2) is 54.3 Å². The maximum atomic E-state index is 6.21. The van der Waals surface area contributed by atoms with Gasteiger partial charge in [0.15, 0.2) is 0 Å². The molecule has 168 valence electrons. The van der Waals surface area contributed by atoms with E-state index in [0.717, 1.165) is 54.3 Å². The lowest BCUT2D eigenvalue weighted by atomic mass is 9.89. The van der Waals surface area contributed by atoms with Gasteiger partial charge >= 0.3 is 0 Å². The first-order valence-corrected chi connectivity index (χ1v) is 12.0. The van der Waals surface area contributed by atoms with E-state index in [9.17, 15) is 0 Å². The van der Waals surface area contributed by atoms with E-state index in [0.29, 0.717) is 24.5 Å². The van der Waals surface area contributed by atoms with Crippen LogP contribution in [0.15, 0.2) is 42.5 Å². The topological polar surface area (TPSA) is 62.4 Å². The first-order chi connectivity index (χ1) is 15.8. The number of anilines is 1. The fraction of sp³-hybridized carbons (Fsp3) is 0.500. The number of likely N-dealkylation sites (tertiary alicyclic amines) is 1. The Morgan fingerprint density at radius 1 is 1.16 bits per heavy atom. The van der Waals surface area contributed by atoms with Crippen molar-refractivity contribution in [1.29, 1.82) is 0 Å². The van der Waals surface area contributed by atoms with Gasteiger partial charge in [-0.1, -0.05) is 24.3 Å². The van der Waals surface area contributed by atoms with Crippen molar-refractivity contribution in [3.05, 3.63) is 53.9 Å². The van der Waals surface area contributed by atoms with Crippen LogP contribution < -0.4 is 10.1 Å². The monoisotopic (exact) mass is 432 g/mol. The number of fused-ring (bicyclic) bond motifs is 2. The second kappa shape index (κ2) is 8.41. The molecule has 1 saturated heterocycles. The van der Waals surface area contributed by atoms with E-state index in [4.69, 9.17) is 14.5 Å². The molecule has 0 radical (unpaired) electrons. The second-order valence-corrected chi connectivity index (χ2v) is 9.59. The van der Waals surface area contributed by atoms with Gasteiger partial charge < -0.3 is 24.7 Å². The average Bonchev–Trinajstić information content (AvgIpc) is 3.59. The molecule has 0 bridgehead atoms. The number of ether oxygens (including phenoxy) is 2. The van der Waals surface area contributed by atoms with E-state index in [1.165, 1.54) is 24.8 Å². The van der Waals surface area contributed by atoms with Gasteiger partial charge in [0.25, 0.3) is 0 Å². The van der Waals surface area contributed by atoms with Crippen molar-refractivity contribution in [3.63, 3.8) is 0 Å². The highest BCUT2D eigenvalue weighted by Gasteiger charge is 2.34. The summed E-state index contributed by atoms with van der Waals surface area (Å²) in [6.07, 6.45) is 5.18. The van der Waals surface area contributed by atoms with Crippen molar-refractivity contribution in [3.8, 4) is 5.75 Å². The van der Waals surface area contributed by atoms with Gasteiger partial charge in [-0.05, 0) is 50.4 Å². The van der Waals surface area contributed by atoms with Gasteiger partial charge in [-0.15, -0.1) is 0 Å². The van der Waals surface area contributed by atoms with E-state index >= 15 is 0 Å². The summed E-state index contributed by atoms with van der Waals surface area (Å²) in [4.78, 5) is 11.1. The number of aromatic amines is 1. The van der Waals surface area contributed by atoms with Crippen LogP contribution in [0.5, 0.6) is 5.75 Å². The van der Waals surface area contributed by atoms with Crippen LogP contribution in [0.3, 0.4) is 0 Å². The number of para-hydroxylation sites is 2. The second-order valence-electron chi connectivity index (χ2n) is 9.59. The largest absolute Gasteiger partial charge is 0.493 e. The Morgan fingerprint density at radius 2 is 2.06 bits per heavy atom. The Labute approximate surface area is 189 Å². The van der Waals surface area contributed by atoms with E-state index in [2.05, 4.69) is 57.7 Å². The van der Waals surface area contributed by atoms with Gasteiger partial charge in [0, 0.05) is 37.6 Å². The molecule has 0 spiro atoms. The van der Waals surface area contributed by atoms with Gasteiger partial charge in [0.1, 0.15) is 17.1 Å². The molecular formula is C26H32N4O2. The molecule has 6 nitrogen and oxygen atoms in total. The van der Waals surface area contributed by atoms with Crippen molar-refractivity contribution >= 4 is 16.7 Å². The summed E-state index contributed by atoms with van der Waals surface area (Å²) in [5.74, 6) is 3.08. The Morgan fingerprint density at radius 3 is 2.94 bits per heavy atom. The molecule has 2 fully saturated rings. The smallest absolute Gasteiger partial charge is 0.124 e. The molecule has 6 heteroatoms. The lowest BCUT2D eigenvalue weighted by molar-refractivity contribution is 0.0197. The van der Waals surface area contributed by atoms with Gasteiger partial charge in [0.2, 0.25) is 0 Å². The fourth-order valence-electron chi connectivity index (χ4n) is 5.36. The molecule has 1 saturated carbocycles. The summed E-state index contributed by atoms with van der Waals surface area (Å²) in [7, 11) is 1.83. The molecular weight excluding hydrogens is 400 g/mol. The van der Waals surface area contributed by atoms with Gasteiger partial charge in [0.05, 0.1) is 30.0 Å². The maximum Gasteiger partial charge on any atom is 0.124 e. The van der Waals surface area contributed by atoms with Gasteiger partial charge in [-0.3, -0.25) is 0 Å². The highest BCUT2D eigenvalue weighted by atomic mass is 16.5. The quantitative estimate of drug-likeness (QED) is 0.591. The zero-order chi connectivity index (χ0) is 21.5. The number of aromatic nitrogens is 2. The Balaban J connectivity index is 1.30. The molecule has 1 aromatic heterocycles. The van der Waals surface area contributed by atoms with E-state index < -0.39 is 0 Å². The van der Waals surface area contributed by atoms with Crippen LogP contribution in [0.4, 0.5) is 5.69 Å². The molecule has 6 rings (SSSR count). The van der Waals surface area contributed by atoms with E-state index in [1.54, 1.807) is 0 Å². The summed E-state index contributed by atoms with van der Waals surface area (Å²) in [6, 6.07) is 15.0. The summed E-state index contributed by atoms with van der Waals surface area (Å²) in [6.45, 7) is 3.84. The molecule has 3 aromatic rings. The lowest BCUT2D eigenvalue weighted by Gasteiger charge is -2.39. The van der Waals surface area contributed by atoms with Gasteiger partial charge in [-0.2, -0.15) is 0 Å². The van der Waals surface area contributed by atoms with Crippen molar-refractivity contribution in [2.24, 2.45) is 5.92 Å². The van der Waals surface area contributed by atoms with Crippen molar-refractivity contribution in [1.82, 2.24) is 14.9 Å². The number of piperidine rings is 1. The summed E-state index contributed by atoms with van der Waals surface area (Å²) >= 11 is 0. The molecule has 32 heavy (non-hydrogen) atoms. The normalized spacial score (nSPS) is 26.0. The third-order valence-corrected chi connectivity index (χ3v) is 7.27. The number of nitrogens with zero attached hydrogens (tertiary/aromatic N) is 2. The lowest BCUT2D eigenvalue weighted by Crippen LogP contribution is -2.45. The highest BCUT2D eigenvalue weighted by Crippen LogP contribution is 2.42. The minimum absolute atomic E-state index is 0.176. The fourth-order valence-corrected chi connectivity index (χ4v) is 5.36. The molecule has 1 aliphatic carbocycles. The van der Waals surface area contributed by atoms with Crippen molar-refractivity contribution in [2.45, 2.75) is 43.7 Å². The molecule has 0 amide bonds. The van der Waals surface area contributed by atoms with Gasteiger partial charge in [-0.25, -0.2) is 4.98 Å². The van der Waals surface area contributed by atoms with E-state index in [-0.39, 0.29) is 6.04 Å². The summed E-state index contributed by atoms with van der Waals surface area (Å²) < 4.78 is 11.9. The zero-order valence-electron chi connectivity index (χ0n) is 18.7. The number of benzene rings is 2. The molecule has 2 aromatic carbocycles. The van der Waals surface area contributed by atoms with Crippen LogP contribution in [0.2, 0.25) is 0 Å². The number of hydrogen-bond acceptors (Lipinski definition) is 5. The SMILES string of the molecule is CO[C@H]1CCCN(C[C@H]2COc3ccccc3[C@@H]2Nc2cccc3[nH]c(C4CC4)nc23)C1. The Bertz CT molecular complexity index is 1090. The maximum absolute atomic E-state index is 6.21. The van der Waals surface area contributed by atoms with Crippen molar-refractivity contribution in [2.75, 3.05) is 38.7 Å². The number of methoxy groups -OCH3 is 1. The number of nitrogens with one attached hydrogen (secondary N) is 2. The highest BCUT2D eigenvalue weighted by molar-refractivity contribution is 5.88. The molecule has 2 N–H and O–H groups in total. The molecule has 2 aliphatic heterocycles. The van der Waals surface area contributed by atoms with Crippen LogP contribution in [0.1, 0.15) is 49.0 Å². The summed E-state index contributed by atoms with van der Waals surface area (Å²) in [5.41, 5.74) is 4.51. The number of imidazole rings is 1. The van der Waals surface area contributed by atoms with Crippen LogP contribution in [0.25, 0.3) is 11.0 Å². The van der Waals surface area contributed by atoms with Crippen LogP contribution >= 0.6 is 0 Å².